The molecule has 0 aromatic rings. The van der Waals surface area contributed by atoms with Crippen molar-refractivity contribution in [2.24, 2.45) is 5.10 Å². The van der Waals surface area contributed by atoms with Crippen LogP contribution in [0.15, 0.2) is 5.10 Å². The number of hydrogen-bond donors (Lipinski definition) is 1. The Hall–Kier alpha value is -1.44. The number of amides is 1. The zero-order chi connectivity index (χ0) is 11.9. The van der Waals surface area contributed by atoms with Crippen LogP contribution in [0.5, 0.6) is 0 Å². The van der Waals surface area contributed by atoms with E-state index in [9.17, 15) is 18.0 Å². The van der Waals surface area contributed by atoms with Crippen molar-refractivity contribution in [2.45, 2.75) is 18.9 Å². The van der Waals surface area contributed by atoms with E-state index in [0.717, 1.165) is 5.01 Å². The Bertz CT molecular complexity index is 481. The Balaban J connectivity index is 2.17. The van der Waals surface area contributed by atoms with E-state index >= 15 is 0 Å². The third-order valence-corrected chi connectivity index (χ3v) is 4.35. The molecular weight excluding hydrogens is 236 g/mol. The quantitative estimate of drug-likeness (QED) is 0.662. The molecule has 2 aliphatic heterocycles. The largest absolute Gasteiger partial charge is 0.477 e. The Morgan fingerprint density at radius 2 is 2.19 bits per heavy atom. The second-order valence-electron chi connectivity index (χ2n) is 3.82. The molecule has 0 saturated carbocycles. The standard InChI is InChI=1S/C8H10N2O5S/c11-7-3-6(8(12)13)9-10(7)5-1-2-16(14,15)4-5/h5H,1-4H2,(H,12,13). The second kappa shape index (κ2) is 3.55. The number of rotatable bonds is 2. The maximum absolute atomic E-state index is 11.4. The van der Waals surface area contributed by atoms with Crippen molar-refractivity contribution >= 4 is 27.4 Å². The van der Waals surface area contributed by atoms with Crippen LogP contribution < -0.4 is 0 Å². The van der Waals surface area contributed by atoms with Gasteiger partial charge in [-0.15, -0.1) is 0 Å². The predicted molar refractivity (Wildman–Crippen MR) is 53.6 cm³/mol. The second-order valence-corrected chi connectivity index (χ2v) is 6.05. The van der Waals surface area contributed by atoms with Gasteiger partial charge in [-0.1, -0.05) is 0 Å². The van der Waals surface area contributed by atoms with E-state index in [1.54, 1.807) is 0 Å². The van der Waals surface area contributed by atoms with Crippen LogP contribution in [0, 0.1) is 0 Å². The third kappa shape index (κ3) is 1.92. The van der Waals surface area contributed by atoms with Crippen LogP contribution in [0.25, 0.3) is 0 Å². The van der Waals surface area contributed by atoms with Crippen LogP contribution in [0.3, 0.4) is 0 Å². The summed E-state index contributed by atoms with van der Waals surface area (Å²) in [4.78, 5) is 22.0. The number of carboxylic acid groups (broad SMARTS) is 1. The maximum atomic E-state index is 11.4. The van der Waals surface area contributed by atoms with Gasteiger partial charge in [-0.2, -0.15) is 5.10 Å². The van der Waals surface area contributed by atoms with Crippen LogP contribution in [-0.4, -0.2) is 53.7 Å². The molecule has 1 fully saturated rings. The Kier molecular flexibility index (Phi) is 2.45. The molecule has 2 rings (SSSR count). The summed E-state index contributed by atoms with van der Waals surface area (Å²) < 4.78 is 22.4. The number of carbonyl (C=O) groups is 2. The van der Waals surface area contributed by atoms with E-state index in [2.05, 4.69) is 5.10 Å². The highest BCUT2D eigenvalue weighted by Crippen LogP contribution is 2.22. The summed E-state index contributed by atoms with van der Waals surface area (Å²) in [6.45, 7) is 0. The molecule has 0 spiro atoms. The van der Waals surface area contributed by atoms with Gasteiger partial charge in [0.05, 0.1) is 24.0 Å². The molecule has 0 aliphatic carbocycles. The lowest BCUT2D eigenvalue weighted by Crippen LogP contribution is -2.33. The van der Waals surface area contributed by atoms with Crippen molar-refractivity contribution < 1.29 is 23.1 Å². The highest BCUT2D eigenvalue weighted by Gasteiger charge is 2.39. The Labute approximate surface area is 91.7 Å². The van der Waals surface area contributed by atoms with Crippen LogP contribution in [0.4, 0.5) is 0 Å². The average molecular weight is 246 g/mol. The molecule has 2 heterocycles. The number of nitrogens with zero attached hydrogens (tertiary/aromatic N) is 2. The molecule has 8 heteroatoms. The topological polar surface area (TPSA) is 104 Å². The summed E-state index contributed by atoms with van der Waals surface area (Å²) >= 11 is 0. The number of carboxylic acids is 1. The molecule has 1 atom stereocenters. The van der Waals surface area contributed by atoms with Gasteiger partial charge in [0.15, 0.2) is 15.5 Å². The fourth-order valence-corrected chi connectivity index (χ4v) is 3.51. The SMILES string of the molecule is O=C(O)C1=NN(C2CCS(=O)(=O)C2)C(=O)C1. The molecule has 16 heavy (non-hydrogen) atoms. The van der Waals surface area contributed by atoms with Crippen LogP contribution >= 0.6 is 0 Å². The highest BCUT2D eigenvalue weighted by atomic mass is 32.2. The number of carbonyl (C=O) groups excluding carboxylic acids is 1. The van der Waals surface area contributed by atoms with Gasteiger partial charge in [-0.25, -0.2) is 18.2 Å². The van der Waals surface area contributed by atoms with E-state index < -0.39 is 27.8 Å². The zero-order valence-electron chi connectivity index (χ0n) is 8.29. The smallest absolute Gasteiger partial charge is 0.352 e. The Morgan fingerprint density at radius 1 is 1.50 bits per heavy atom. The van der Waals surface area contributed by atoms with Crippen molar-refractivity contribution in [1.29, 1.82) is 0 Å². The van der Waals surface area contributed by atoms with E-state index in [-0.39, 0.29) is 23.6 Å². The van der Waals surface area contributed by atoms with Gasteiger partial charge in [0.2, 0.25) is 5.91 Å². The number of sulfone groups is 1. The van der Waals surface area contributed by atoms with E-state index in [1.165, 1.54) is 0 Å². The van der Waals surface area contributed by atoms with Gasteiger partial charge in [-0.3, -0.25) is 4.79 Å². The molecule has 1 unspecified atom stereocenters. The van der Waals surface area contributed by atoms with Crippen LogP contribution in [-0.2, 0) is 19.4 Å². The van der Waals surface area contributed by atoms with E-state index in [1.807, 2.05) is 0 Å². The minimum Gasteiger partial charge on any atom is -0.477 e. The lowest BCUT2D eigenvalue weighted by Gasteiger charge is -2.17. The maximum Gasteiger partial charge on any atom is 0.352 e. The molecule has 88 valence electrons. The molecule has 0 aromatic carbocycles. The average Bonchev–Trinajstić information content (AvgIpc) is 2.69. The van der Waals surface area contributed by atoms with Crippen molar-refractivity contribution in [3.8, 4) is 0 Å². The van der Waals surface area contributed by atoms with E-state index in [0.29, 0.717) is 6.42 Å². The van der Waals surface area contributed by atoms with Crippen molar-refractivity contribution in [2.75, 3.05) is 11.5 Å². The molecule has 0 radical (unpaired) electrons. The highest BCUT2D eigenvalue weighted by molar-refractivity contribution is 7.91. The fourth-order valence-electron chi connectivity index (χ4n) is 1.82. The summed E-state index contributed by atoms with van der Waals surface area (Å²) in [7, 11) is -3.10. The summed E-state index contributed by atoms with van der Waals surface area (Å²) in [5, 5.41) is 13.3. The summed E-state index contributed by atoms with van der Waals surface area (Å²) in [5.41, 5.74) is -0.228. The minimum atomic E-state index is -3.10. The molecule has 0 bridgehead atoms. The van der Waals surface area contributed by atoms with Gasteiger partial charge in [-0.05, 0) is 6.42 Å². The normalized spacial score (nSPS) is 28.2. The summed E-state index contributed by atoms with van der Waals surface area (Å²) in [6, 6.07) is -0.505. The number of hydrogen-bond acceptors (Lipinski definition) is 5. The lowest BCUT2D eigenvalue weighted by atomic mass is 10.2. The van der Waals surface area contributed by atoms with Gasteiger partial charge in [0.25, 0.3) is 0 Å². The summed E-state index contributed by atoms with van der Waals surface area (Å²) in [6.07, 6.45) is 0.0658. The zero-order valence-corrected chi connectivity index (χ0v) is 9.11. The predicted octanol–water partition coefficient (Wildman–Crippen LogP) is -1.15. The van der Waals surface area contributed by atoms with Gasteiger partial charge < -0.3 is 5.11 Å². The first-order valence-electron chi connectivity index (χ1n) is 4.72. The van der Waals surface area contributed by atoms with Gasteiger partial charge in [0.1, 0.15) is 0 Å². The summed E-state index contributed by atoms with van der Waals surface area (Å²) in [5.74, 6) is -1.79. The Morgan fingerprint density at radius 3 is 2.62 bits per heavy atom. The number of hydrazone groups is 1. The molecule has 2 aliphatic rings. The molecular formula is C8H10N2O5S. The molecule has 1 saturated heterocycles. The first-order chi connectivity index (χ1) is 7.39. The van der Waals surface area contributed by atoms with Crippen molar-refractivity contribution in [1.82, 2.24) is 5.01 Å². The molecule has 1 N–H and O–H groups in total. The van der Waals surface area contributed by atoms with Crippen molar-refractivity contribution in [3.05, 3.63) is 0 Å². The van der Waals surface area contributed by atoms with Gasteiger partial charge in [0, 0.05) is 0 Å². The third-order valence-electron chi connectivity index (χ3n) is 2.60. The molecule has 1 amide bonds. The van der Waals surface area contributed by atoms with E-state index in [4.69, 9.17) is 5.11 Å². The first kappa shape index (κ1) is 11.1. The lowest BCUT2D eigenvalue weighted by molar-refractivity contribution is -0.131. The number of aliphatic carboxylic acids is 1. The monoisotopic (exact) mass is 246 g/mol. The fraction of sp³-hybridized carbons (Fsp3) is 0.625. The van der Waals surface area contributed by atoms with Crippen LogP contribution in [0.2, 0.25) is 0 Å². The molecule has 0 aromatic heterocycles. The van der Waals surface area contributed by atoms with Crippen LogP contribution in [0.1, 0.15) is 12.8 Å². The first-order valence-corrected chi connectivity index (χ1v) is 6.54. The van der Waals surface area contributed by atoms with Crippen molar-refractivity contribution in [3.63, 3.8) is 0 Å². The van der Waals surface area contributed by atoms with Gasteiger partial charge >= 0.3 is 5.97 Å². The minimum absolute atomic E-state index is 0.0272. The molecule has 7 nitrogen and oxygen atoms in total.